The molecule has 0 saturated heterocycles. The van der Waals surface area contributed by atoms with Crippen LogP contribution in [-0.4, -0.2) is 5.84 Å². The Morgan fingerprint density at radius 1 is 1.20 bits per heavy atom. The van der Waals surface area contributed by atoms with Gasteiger partial charge in [0.25, 0.3) is 0 Å². The highest BCUT2D eigenvalue weighted by Gasteiger charge is 2.21. The molecule has 0 unspecified atom stereocenters. The van der Waals surface area contributed by atoms with E-state index in [2.05, 4.69) is 10.5 Å². The molecule has 0 aromatic rings. The standard InChI is InChI=1S/C7H10N3/c8-7-5-3-1-2-4-6(5)9-10-7/h1-4H2,(H2,8,10). The Bertz CT molecular complexity index is 215. The Morgan fingerprint density at radius 3 is 2.80 bits per heavy atom. The summed E-state index contributed by atoms with van der Waals surface area (Å²) in [5.41, 5.74) is 11.9. The largest absolute Gasteiger partial charge is 0.382 e. The number of hydrogen-bond acceptors (Lipinski definition) is 2. The van der Waals surface area contributed by atoms with Gasteiger partial charge in [0, 0.05) is 5.57 Å². The number of rotatable bonds is 0. The molecule has 1 radical (unpaired) electrons. The average Bonchev–Trinajstić information content (AvgIpc) is 2.34. The third-order valence-electron chi connectivity index (χ3n) is 2.03. The van der Waals surface area contributed by atoms with E-state index in [4.69, 9.17) is 5.73 Å². The van der Waals surface area contributed by atoms with Crippen molar-refractivity contribution < 1.29 is 0 Å². The summed E-state index contributed by atoms with van der Waals surface area (Å²) in [7, 11) is 0. The molecular formula is C7H10N3. The zero-order valence-corrected chi connectivity index (χ0v) is 5.80. The van der Waals surface area contributed by atoms with Crippen molar-refractivity contribution >= 4 is 5.84 Å². The smallest absolute Gasteiger partial charge is 0.151 e. The van der Waals surface area contributed by atoms with Crippen LogP contribution < -0.4 is 11.2 Å². The van der Waals surface area contributed by atoms with Gasteiger partial charge in [-0.2, -0.15) is 5.43 Å². The van der Waals surface area contributed by atoms with Crippen molar-refractivity contribution in [2.75, 3.05) is 0 Å². The molecule has 2 N–H and O–H groups in total. The molecule has 3 nitrogen and oxygen atoms in total. The molecule has 10 heavy (non-hydrogen) atoms. The van der Waals surface area contributed by atoms with Crippen LogP contribution in [0.1, 0.15) is 25.7 Å². The Morgan fingerprint density at radius 2 is 2.00 bits per heavy atom. The van der Waals surface area contributed by atoms with Crippen molar-refractivity contribution in [3.05, 3.63) is 11.3 Å². The minimum Gasteiger partial charge on any atom is -0.382 e. The van der Waals surface area contributed by atoms with Gasteiger partial charge in [0.2, 0.25) is 0 Å². The van der Waals surface area contributed by atoms with Crippen LogP contribution in [0.15, 0.2) is 16.4 Å². The first-order valence-corrected chi connectivity index (χ1v) is 3.64. The second kappa shape index (κ2) is 2.01. The van der Waals surface area contributed by atoms with Gasteiger partial charge in [0.15, 0.2) is 5.84 Å². The Balaban J connectivity index is 2.28. The topological polar surface area (TPSA) is 52.5 Å². The maximum Gasteiger partial charge on any atom is 0.151 e. The lowest BCUT2D eigenvalue weighted by Crippen LogP contribution is -2.14. The molecule has 0 bridgehead atoms. The van der Waals surface area contributed by atoms with Crippen molar-refractivity contribution in [2.45, 2.75) is 25.7 Å². The van der Waals surface area contributed by atoms with Crippen LogP contribution in [-0.2, 0) is 0 Å². The van der Waals surface area contributed by atoms with Crippen molar-refractivity contribution in [1.29, 1.82) is 0 Å². The predicted octanol–water partition coefficient (Wildman–Crippen LogP) is 0.705. The fraction of sp³-hybridized carbons (Fsp3) is 0.571. The number of nitrogens with two attached hydrogens (primary N) is 1. The third kappa shape index (κ3) is 0.701. The first-order valence-electron chi connectivity index (χ1n) is 3.64. The molecule has 1 aliphatic heterocycles. The second-order valence-electron chi connectivity index (χ2n) is 2.72. The first kappa shape index (κ1) is 5.77. The van der Waals surface area contributed by atoms with Crippen LogP contribution in [0.5, 0.6) is 0 Å². The van der Waals surface area contributed by atoms with Gasteiger partial charge >= 0.3 is 0 Å². The zero-order chi connectivity index (χ0) is 6.97. The molecule has 0 amide bonds. The van der Waals surface area contributed by atoms with Crippen LogP contribution >= 0.6 is 0 Å². The molecule has 0 spiro atoms. The predicted molar refractivity (Wildman–Crippen MR) is 39.3 cm³/mol. The summed E-state index contributed by atoms with van der Waals surface area (Å²) in [4.78, 5) is 0. The van der Waals surface area contributed by atoms with Crippen LogP contribution in [0.2, 0.25) is 0 Å². The second-order valence-corrected chi connectivity index (χ2v) is 2.72. The maximum atomic E-state index is 5.59. The van der Waals surface area contributed by atoms with E-state index in [-0.39, 0.29) is 0 Å². The summed E-state index contributed by atoms with van der Waals surface area (Å²) < 4.78 is 0. The van der Waals surface area contributed by atoms with Crippen LogP contribution in [0.3, 0.4) is 0 Å². The van der Waals surface area contributed by atoms with Gasteiger partial charge in [-0.3, -0.25) is 0 Å². The zero-order valence-electron chi connectivity index (χ0n) is 5.80. The molecule has 0 aromatic carbocycles. The van der Waals surface area contributed by atoms with E-state index < -0.39 is 0 Å². The molecular weight excluding hydrogens is 126 g/mol. The van der Waals surface area contributed by atoms with Gasteiger partial charge in [-0.1, -0.05) is 0 Å². The first-order chi connectivity index (χ1) is 4.88. The molecule has 0 fully saturated rings. The van der Waals surface area contributed by atoms with E-state index in [1.165, 1.54) is 18.4 Å². The number of nitrogens with zero attached hydrogens (tertiary/aromatic N) is 2. The number of amidine groups is 1. The average molecular weight is 136 g/mol. The van der Waals surface area contributed by atoms with Gasteiger partial charge < -0.3 is 5.73 Å². The summed E-state index contributed by atoms with van der Waals surface area (Å²) >= 11 is 0. The van der Waals surface area contributed by atoms with E-state index in [0.29, 0.717) is 5.84 Å². The summed E-state index contributed by atoms with van der Waals surface area (Å²) in [6, 6.07) is 0. The normalized spacial score (nSPS) is 23.8. The van der Waals surface area contributed by atoms with Gasteiger partial charge in [-0.15, -0.1) is 5.10 Å². The summed E-state index contributed by atoms with van der Waals surface area (Å²) in [5.74, 6) is 0.648. The monoisotopic (exact) mass is 136 g/mol. The highest BCUT2D eigenvalue weighted by Crippen LogP contribution is 2.26. The van der Waals surface area contributed by atoms with Gasteiger partial charge in [0.1, 0.15) is 0 Å². The molecule has 2 aliphatic rings. The minimum absolute atomic E-state index is 0.648. The Kier molecular flexibility index (Phi) is 1.16. The fourth-order valence-electron chi connectivity index (χ4n) is 1.45. The van der Waals surface area contributed by atoms with E-state index >= 15 is 0 Å². The lowest BCUT2D eigenvalue weighted by Gasteiger charge is -2.10. The summed E-state index contributed by atoms with van der Waals surface area (Å²) in [6.45, 7) is 0. The lowest BCUT2D eigenvalue weighted by atomic mass is 9.97. The van der Waals surface area contributed by atoms with Crippen molar-refractivity contribution in [2.24, 2.45) is 10.8 Å². The Hall–Kier alpha value is -0.990. The molecule has 0 saturated carbocycles. The van der Waals surface area contributed by atoms with Crippen LogP contribution in [0.25, 0.3) is 0 Å². The third-order valence-corrected chi connectivity index (χ3v) is 2.03. The van der Waals surface area contributed by atoms with E-state index in [1.807, 2.05) is 0 Å². The molecule has 2 rings (SSSR count). The van der Waals surface area contributed by atoms with Crippen molar-refractivity contribution in [1.82, 2.24) is 5.43 Å². The van der Waals surface area contributed by atoms with E-state index in [1.54, 1.807) is 0 Å². The van der Waals surface area contributed by atoms with Crippen molar-refractivity contribution in [3.63, 3.8) is 0 Å². The molecule has 1 heterocycles. The number of allylic oxidation sites excluding steroid dienone is 1. The quantitative estimate of drug-likeness (QED) is 0.523. The maximum absolute atomic E-state index is 5.59. The molecule has 1 aliphatic carbocycles. The van der Waals surface area contributed by atoms with E-state index in [0.717, 1.165) is 18.5 Å². The highest BCUT2D eigenvalue weighted by molar-refractivity contribution is 5.99. The summed E-state index contributed by atoms with van der Waals surface area (Å²) in [6.07, 6.45) is 4.63. The molecule has 0 aromatic heterocycles. The Labute approximate surface area is 60.0 Å². The lowest BCUT2D eigenvalue weighted by molar-refractivity contribution is 0.652. The van der Waals surface area contributed by atoms with Crippen molar-refractivity contribution in [3.8, 4) is 0 Å². The fourth-order valence-corrected chi connectivity index (χ4v) is 1.45. The SMILES string of the molecule is NC1=N[N]C2=C1CCCC2. The summed E-state index contributed by atoms with van der Waals surface area (Å²) in [5, 5.41) is 3.83. The molecule has 0 atom stereocenters. The number of hydrogen-bond donors (Lipinski definition) is 1. The molecule has 53 valence electrons. The van der Waals surface area contributed by atoms with Gasteiger partial charge in [0.05, 0.1) is 5.70 Å². The van der Waals surface area contributed by atoms with Gasteiger partial charge in [-0.05, 0) is 25.7 Å². The highest BCUT2D eigenvalue weighted by atomic mass is 15.3. The van der Waals surface area contributed by atoms with E-state index in [9.17, 15) is 0 Å². The van der Waals surface area contributed by atoms with Gasteiger partial charge in [-0.25, -0.2) is 0 Å². The van der Waals surface area contributed by atoms with Crippen LogP contribution in [0.4, 0.5) is 0 Å². The minimum atomic E-state index is 0.648. The van der Waals surface area contributed by atoms with Crippen LogP contribution in [0, 0.1) is 0 Å². The molecule has 3 heteroatoms.